The molecule has 0 bridgehead atoms. The summed E-state index contributed by atoms with van der Waals surface area (Å²) in [6, 6.07) is 0. The summed E-state index contributed by atoms with van der Waals surface area (Å²) in [5, 5.41) is 3.08. The summed E-state index contributed by atoms with van der Waals surface area (Å²) in [7, 11) is 1.97. The van der Waals surface area contributed by atoms with Crippen LogP contribution in [0.2, 0.25) is 0 Å². The van der Waals surface area contributed by atoms with Gasteiger partial charge in [0.15, 0.2) is 0 Å². The smallest absolute Gasteiger partial charge is 0.282 e. The zero-order valence-corrected chi connectivity index (χ0v) is 10.9. The highest BCUT2D eigenvalue weighted by atomic mass is 14.7. The molecule has 1 radical (unpaired) electrons. The van der Waals surface area contributed by atoms with Crippen LogP contribution in [0.15, 0.2) is 72.4 Å². The predicted octanol–water partition coefficient (Wildman–Crippen LogP) is 2.43. The molecule has 3 heteroatoms. The van der Waals surface area contributed by atoms with Gasteiger partial charge in [0.1, 0.15) is 0 Å². The highest BCUT2D eigenvalue weighted by Gasteiger charge is 2.09. The highest BCUT2D eigenvalue weighted by molar-refractivity contribution is 6.45. The van der Waals surface area contributed by atoms with E-state index in [0.717, 1.165) is 16.6 Å². The van der Waals surface area contributed by atoms with Crippen LogP contribution in [-0.4, -0.2) is 14.0 Å². The van der Waals surface area contributed by atoms with Crippen molar-refractivity contribution in [2.45, 2.75) is 6.92 Å². The van der Waals surface area contributed by atoms with E-state index in [-0.39, 0.29) is 5.92 Å². The second-order valence-electron chi connectivity index (χ2n) is 3.98. The van der Waals surface area contributed by atoms with Gasteiger partial charge in [0, 0.05) is 12.5 Å². The first-order chi connectivity index (χ1) is 8.76. The van der Waals surface area contributed by atoms with Crippen molar-refractivity contribution in [3.05, 3.63) is 72.4 Å². The van der Waals surface area contributed by atoms with Gasteiger partial charge in [0.2, 0.25) is 0 Å². The second kappa shape index (κ2) is 7.56. The summed E-state index contributed by atoms with van der Waals surface area (Å²) in [6.45, 7) is 10.2. The minimum atomic E-state index is 0.144. The zero-order chi connectivity index (χ0) is 13.4. The third kappa shape index (κ3) is 3.64. The van der Waals surface area contributed by atoms with Gasteiger partial charge < -0.3 is 11.0 Å². The zero-order valence-electron chi connectivity index (χ0n) is 10.9. The van der Waals surface area contributed by atoms with Crippen molar-refractivity contribution in [1.82, 2.24) is 5.23 Å². The standard InChI is InChI=1S/C15H20BN2/c1-4-7-15-14(8-9-18-16-15)10-12(5-2)13(6-3)11-17/h4-10,13,18H,2-3,11,17H2,1H3/b7-4-,12-10+. The molecule has 0 aromatic carbocycles. The third-order valence-electron chi connectivity index (χ3n) is 2.80. The summed E-state index contributed by atoms with van der Waals surface area (Å²) in [5.41, 5.74) is 9.10. The molecule has 1 atom stereocenters. The molecule has 93 valence electrons. The molecule has 0 spiro atoms. The van der Waals surface area contributed by atoms with Gasteiger partial charge in [-0.1, -0.05) is 42.4 Å². The molecule has 0 amide bonds. The molecule has 0 aromatic heterocycles. The number of allylic oxidation sites excluding steroid dienone is 7. The molecule has 1 aliphatic heterocycles. The number of nitrogens with two attached hydrogens (primary N) is 1. The quantitative estimate of drug-likeness (QED) is 0.424. The van der Waals surface area contributed by atoms with E-state index in [1.54, 1.807) is 0 Å². The summed E-state index contributed by atoms with van der Waals surface area (Å²) in [4.78, 5) is 0. The van der Waals surface area contributed by atoms with Gasteiger partial charge in [-0.25, -0.2) is 0 Å². The third-order valence-corrected chi connectivity index (χ3v) is 2.80. The molecule has 0 saturated carbocycles. The number of rotatable bonds is 6. The minimum absolute atomic E-state index is 0.144. The fourth-order valence-electron chi connectivity index (χ4n) is 1.78. The van der Waals surface area contributed by atoms with Crippen LogP contribution in [0.1, 0.15) is 6.92 Å². The van der Waals surface area contributed by atoms with E-state index in [9.17, 15) is 0 Å². The first-order valence-corrected chi connectivity index (χ1v) is 6.06. The van der Waals surface area contributed by atoms with Crippen LogP contribution < -0.4 is 11.0 Å². The number of hydrogen-bond acceptors (Lipinski definition) is 2. The average Bonchev–Trinajstić information content (AvgIpc) is 2.41. The molecule has 0 fully saturated rings. The van der Waals surface area contributed by atoms with E-state index in [4.69, 9.17) is 5.73 Å². The van der Waals surface area contributed by atoms with E-state index in [1.165, 1.54) is 0 Å². The number of nitrogens with one attached hydrogen (secondary N) is 1. The second-order valence-corrected chi connectivity index (χ2v) is 3.98. The first kappa shape index (κ1) is 14.3. The molecule has 0 saturated heterocycles. The fraction of sp³-hybridized carbons (Fsp3) is 0.200. The Balaban J connectivity index is 3.13. The monoisotopic (exact) mass is 239 g/mol. The van der Waals surface area contributed by atoms with Crippen LogP contribution in [0.25, 0.3) is 0 Å². The van der Waals surface area contributed by atoms with E-state index in [0.29, 0.717) is 6.54 Å². The van der Waals surface area contributed by atoms with Gasteiger partial charge in [0.05, 0.1) is 0 Å². The van der Waals surface area contributed by atoms with Crippen molar-refractivity contribution in [2.24, 2.45) is 11.7 Å². The van der Waals surface area contributed by atoms with Crippen LogP contribution in [-0.2, 0) is 0 Å². The molecule has 1 heterocycles. The molecule has 1 rings (SSSR count). The summed E-state index contributed by atoms with van der Waals surface area (Å²) >= 11 is 0. The van der Waals surface area contributed by atoms with E-state index >= 15 is 0 Å². The van der Waals surface area contributed by atoms with E-state index in [2.05, 4.69) is 30.5 Å². The molecular formula is C15H20BN2. The Bertz CT molecular complexity index is 428. The van der Waals surface area contributed by atoms with Crippen LogP contribution in [0.5, 0.6) is 0 Å². The van der Waals surface area contributed by atoms with Crippen molar-refractivity contribution in [1.29, 1.82) is 0 Å². The average molecular weight is 239 g/mol. The first-order valence-electron chi connectivity index (χ1n) is 6.06. The maximum Gasteiger partial charge on any atom is 0.282 e. The van der Waals surface area contributed by atoms with Gasteiger partial charge in [-0.3, -0.25) is 0 Å². The Labute approximate surface area is 111 Å². The maximum absolute atomic E-state index is 5.73. The molecular weight excluding hydrogens is 219 g/mol. The Morgan fingerprint density at radius 3 is 2.89 bits per heavy atom. The SMILES string of the molecule is C=C/C(=C\C1=C(/C=C\C)[B]NC=C1)C(C=C)CN. The van der Waals surface area contributed by atoms with Gasteiger partial charge in [0.25, 0.3) is 7.41 Å². The Kier molecular flexibility index (Phi) is 6.02. The lowest BCUT2D eigenvalue weighted by molar-refractivity contribution is 0.789. The Morgan fingerprint density at radius 1 is 1.56 bits per heavy atom. The van der Waals surface area contributed by atoms with Crippen molar-refractivity contribution in [2.75, 3.05) is 6.54 Å². The van der Waals surface area contributed by atoms with Crippen molar-refractivity contribution in [3.63, 3.8) is 0 Å². The van der Waals surface area contributed by atoms with Crippen molar-refractivity contribution >= 4 is 7.41 Å². The van der Waals surface area contributed by atoms with E-state index in [1.807, 2.05) is 44.8 Å². The molecule has 18 heavy (non-hydrogen) atoms. The molecule has 0 aliphatic carbocycles. The van der Waals surface area contributed by atoms with Crippen molar-refractivity contribution in [3.8, 4) is 0 Å². The Morgan fingerprint density at radius 2 is 2.33 bits per heavy atom. The predicted molar refractivity (Wildman–Crippen MR) is 80.9 cm³/mol. The molecule has 1 aliphatic rings. The van der Waals surface area contributed by atoms with Crippen LogP contribution in [0.4, 0.5) is 0 Å². The van der Waals surface area contributed by atoms with Crippen molar-refractivity contribution < 1.29 is 0 Å². The summed E-state index contributed by atoms with van der Waals surface area (Å²) in [5.74, 6) is 0.144. The highest BCUT2D eigenvalue weighted by Crippen LogP contribution is 2.19. The van der Waals surface area contributed by atoms with Crippen LogP contribution >= 0.6 is 0 Å². The van der Waals surface area contributed by atoms with Crippen LogP contribution in [0, 0.1) is 5.92 Å². The summed E-state index contributed by atoms with van der Waals surface area (Å²) in [6.07, 6.45) is 13.8. The molecule has 1 unspecified atom stereocenters. The maximum atomic E-state index is 5.73. The lowest BCUT2D eigenvalue weighted by Crippen LogP contribution is -2.19. The lowest BCUT2D eigenvalue weighted by Gasteiger charge is -2.15. The normalized spacial score (nSPS) is 17.3. The summed E-state index contributed by atoms with van der Waals surface area (Å²) < 4.78 is 0. The molecule has 2 nitrogen and oxygen atoms in total. The van der Waals surface area contributed by atoms with Crippen LogP contribution in [0.3, 0.4) is 0 Å². The topological polar surface area (TPSA) is 38.0 Å². The van der Waals surface area contributed by atoms with Gasteiger partial charge in [-0.2, -0.15) is 0 Å². The fourth-order valence-corrected chi connectivity index (χ4v) is 1.78. The van der Waals surface area contributed by atoms with Gasteiger partial charge in [-0.05, 0) is 30.3 Å². The lowest BCUT2D eigenvalue weighted by atomic mass is 9.76. The van der Waals surface area contributed by atoms with E-state index < -0.39 is 0 Å². The van der Waals surface area contributed by atoms with Gasteiger partial charge >= 0.3 is 0 Å². The molecule has 3 N–H and O–H groups in total. The Hall–Kier alpha value is -1.74. The minimum Gasteiger partial charge on any atom is -0.434 e. The van der Waals surface area contributed by atoms with Gasteiger partial charge in [-0.15, -0.1) is 6.58 Å². The number of hydrogen-bond donors (Lipinski definition) is 2. The molecule has 0 aromatic rings. The largest absolute Gasteiger partial charge is 0.434 e.